The van der Waals surface area contributed by atoms with Gasteiger partial charge in [-0.15, -0.1) is 24.0 Å². The molecule has 28 heavy (non-hydrogen) atoms. The van der Waals surface area contributed by atoms with Crippen molar-refractivity contribution in [2.45, 2.75) is 51.2 Å². The quantitative estimate of drug-likeness (QED) is 0.290. The molecule has 8 heteroatoms. The Bertz CT molecular complexity index is 571. The lowest BCUT2D eigenvalue weighted by Gasteiger charge is -2.26. The molecule has 2 rings (SSSR count). The minimum atomic E-state index is 0. The highest BCUT2D eigenvalue weighted by molar-refractivity contribution is 14.0. The van der Waals surface area contributed by atoms with Gasteiger partial charge in [0.2, 0.25) is 0 Å². The van der Waals surface area contributed by atoms with E-state index < -0.39 is 0 Å². The zero-order valence-electron chi connectivity index (χ0n) is 18.1. The molecular weight excluding hydrogens is 467 g/mol. The normalized spacial score (nSPS) is 17.4. The van der Waals surface area contributed by atoms with Crippen LogP contribution in [0.15, 0.2) is 17.4 Å². The number of hydrogen-bond acceptors (Lipinski definition) is 4. The van der Waals surface area contributed by atoms with Crippen molar-refractivity contribution in [1.29, 1.82) is 0 Å². The van der Waals surface area contributed by atoms with Crippen LogP contribution < -0.4 is 10.6 Å². The highest BCUT2D eigenvalue weighted by Gasteiger charge is 2.25. The van der Waals surface area contributed by atoms with Gasteiger partial charge in [0.1, 0.15) is 0 Å². The number of nitrogens with zero attached hydrogens (tertiary/aromatic N) is 4. The number of hydrogen-bond donors (Lipinski definition) is 2. The Balaban J connectivity index is 0.00000392. The first kappa shape index (κ1) is 25.2. The van der Waals surface area contributed by atoms with Gasteiger partial charge < -0.3 is 20.3 Å². The summed E-state index contributed by atoms with van der Waals surface area (Å²) in [5, 5.41) is 11.2. The Hall–Kier alpha value is -0.870. The van der Waals surface area contributed by atoms with Gasteiger partial charge in [-0.3, -0.25) is 9.67 Å². The van der Waals surface area contributed by atoms with E-state index in [1.54, 1.807) is 0 Å². The molecule has 0 spiro atoms. The number of halogens is 1. The Morgan fingerprint density at radius 3 is 2.61 bits per heavy atom. The second kappa shape index (κ2) is 13.4. The van der Waals surface area contributed by atoms with Crippen LogP contribution in [0.4, 0.5) is 0 Å². The van der Waals surface area contributed by atoms with E-state index in [4.69, 9.17) is 4.74 Å². The van der Waals surface area contributed by atoms with Crippen molar-refractivity contribution in [2.75, 3.05) is 40.8 Å². The first-order valence-electron chi connectivity index (χ1n) is 10.3. The van der Waals surface area contributed by atoms with E-state index in [9.17, 15) is 0 Å². The van der Waals surface area contributed by atoms with Gasteiger partial charge in [-0.2, -0.15) is 5.10 Å². The van der Waals surface area contributed by atoms with Crippen molar-refractivity contribution >= 4 is 29.9 Å². The van der Waals surface area contributed by atoms with Crippen LogP contribution in [0.5, 0.6) is 0 Å². The molecule has 0 radical (unpaired) electrons. The van der Waals surface area contributed by atoms with Crippen LogP contribution in [0.25, 0.3) is 0 Å². The van der Waals surface area contributed by atoms with Crippen LogP contribution in [0.2, 0.25) is 0 Å². The zero-order valence-corrected chi connectivity index (χ0v) is 20.5. The molecule has 2 N–H and O–H groups in total. The van der Waals surface area contributed by atoms with E-state index >= 15 is 0 Å². The third kappa shape index (κ3) is 7.87. The van der Waals surface area contributed by atoms with Crippen LogP contribution in [0.3, 0.4) is 0 Å². The van der Waals surface area contributed by atoms with E-state index in [2.05, 4.69) is 52.8 Å². The van der Waals surface area contributed by atoms with E-state index in [0.717, 1.165) is 38.0 Å². The summed E-state index contributed by atoms with van der Waals surface area (Å²) < 4.78 is 7.86. The summed E-state index contributed by atoms with van der Waals surface area (Å²) in [6.07, 6.45) is 10.7. The summed E-state index contributed by atoms with van der Waals surface area (Å²) in [6.45, 7) is 4.54. The molecule has 0 aromatic carbocycles. The summed E-state index contributed by atoms with van der Waals surface area (Å²) in [5.41, 5.74) is 1.20. The van der Waals surface area contributed by atoms with Crippen molar-refractivity contribution in [2.24, 2.45) is 18.0 Å². The second-order valence-corrected chi connectivity index (χ2v) is 7.63. The fraction of sp³-hybridized carbons (Fsp3) is 0.800. The number of aliphatic imine (C=N–C) groups is 1. The molecule has 1 saturated carbocycles. The number of aryl methyl sites for hydroxylation is 1. The van der Waals surface area contributed by atoms with E-state index in [1.165, 1.54) is 31.2 Å². The van der Waals surface area contributed by atoms with Crippen molar-refractivity contribution < 1.29 is 4.74 Å². The van der Waals surface area contributed by atoms with Crippen LogP contribution >= 0.6 is 24.0 Å². The highest BCUT2D eigenvalue weighted by Crippen LogP contribution is 2.30. The number of likely N-dealkylation sites (N-methyl/N-ethyl adjacent to an activating group) is 1. The molecule has 1 aliphatic carbocycles. The number of guanidine groups is 1. The van der Waals surface area contributed by atoms with Gasteiger partial charge in [-0.25, -0.2) is 0 Å². The summed E-state index contributed by atoms with van der Waals surface area (Å²) >= 11 is 0. The summed E-state index contributed by atoms with van der Waals surface area (Å²) in [7, 11) is 7.94. The maximum Gasteiger partial charge on any atom is 0.191 e. The van der Waals surface area contributed by atoms with Gasteiger partial charge in [0.05, 0.1) is 18.3 Å². The summed E-state index contributed by atoms with van der Waals surface area (Å²) in [5.74, 6) is 1.57. The lowest BCUT2D eigenvalue weighted by molar-refractivity contribution is 0.0169. The molecule has 2 unspecified atom stereocenters. The van der Waals surface area contributed by atoms with Gasteiger partial charge >= 0.3 is 0 Å². The van der Waals surface area contributed by atoms with Crippen molar-refractivity contribution in [3.8, 4) is 0 Å². The fourth-order valence-electron chi connectivity index (χ4n) is 3.96. The SMILES string of the molecule is CCOC(CCNC(=NC)NCC(c1cnn(C)c1)N(C)C)C1CCCC1.I. The lowest BCUT2D eigenvalue weighted by Crippen LogP contribution is -2.42. The molecular formula is C20H39IN6O. The van der Waals surface area contributed by atoms with Crippen LogP contribution in [0.1, 0.15) is 50.6 Å². The molecule has 0 amide bonds. The van der Waals surface area contributed by atoms with Gasteiger partial charge in [0, 0.05) is 45.6 Å². The van der Waals surface area contributed by atoms with E-state index in [0.29, 0.717) is 6.10 Å². The smallest absolute Gasteiger partial charge is 0.191 e. The maximum absolute atomic E-state index is 6.01. The molecule has 1 aromatic rings. The van der Waals surface area contributed by atoms with Crippen molar-refractivity contribution in [3.63, 3.8) is 0 Å². The predicted octanol–water partition coefficient (Wildman–Crippen LogP) is 2.79. The zero-order chi connectivity index (χ0) is 19.6. The van der Waals surface area contributed by atoms with Gasteiger partial charge in [-0.1, -0.05) is 12.8 Å². The first-order valence-corrected chi connectivity index (χ1v) is 10.3. The topological polar surface area (TPSA) is 66.7 Å². The molecule has 162 valence electrons. The van der Waals surface area contributed by atoms with Gasteiger partial charge in [0.15, 0.2) is 5.96 Å². The Kier molecular flexibility index (Phi) is 12.0. The Morgan fingerprint density at radius 2 is 2.07 bits per heavy atom. The summed E-state index contributed by atoms with van der Waals surface area (Å²) in [6, 6.07) is 0.243. The second-order valence-electron chi connectivity index (χ2n) is 7.63. The average Bonchev–Trinajstić information content (AvgIpc) is 3.31. The van der Waals surface area contributed by atoms with Gasteiger partial charge in [-0.05, 0) is 46.2 Å². The number of rotatable bonds is 10. The van der Waals surface area contributed by atoms with Gasteiger partial charge in [0.25, 0.3) is 0 Å². The van der Waals surface area contributed by atoms with Crippen LogP contribution in [-0.4, -0.2) is 67.6 Å². The minimum Gasteiger partial charge on any atom is -0.378 e. The van der Waals surface area contributed by atoms with Crippen LogP contribution in [-0.2, 0) is 11.8 Å². The molecule has 0 bridgehead atoms. The maximum atomic E-state index is 6.01. The molecule has 1 fully saturated rings. The van der Waals surface area contributed by atoms with Crippen molar-refractivity contribution in [1.82, 2.24) is 25.3 Å². The number of aromatic nitrogens is 2. The first-order chi connectivity index (χ1) is 13.0. The van der Waals surface area contributed by atoms with Crippen LogP contribution in [0, 0.1) is 5.92 Å². The molecule has 0 saturated heterocycles. The number of nitrogens with one attached hydrogen (secondary N) is 2. The highest BCUT2D eigenvalue weighted by atomic mass is 127. The molecule has 2 atom stereocenters. The molecule has 7 nitrogen and oxygen atoms in total. The minimum absolute atomic E-state index is 0. The average molecular weight is 506 g/mol. The molecule has 1 aromatic heterocycles. The molecule has 1 heterocycles. The van der Waals surface area contributed by atoms with E-state index in [1.807, 2.05) is 25.0 Å². The summed E-state index contributed by atoms with van der Waals surface area (Å²) in [4.78, 5) is 6.57. The van der Waals surface area contributed by atoms with E-state index in [-0.39, 0.29) is 30.0 Å². The Morgan fingerprint density at radius 1 is 1.36 bits per heavy atom. The third-order valence-corrected chi connectivity index (χ3v) is 5.45. The fourth-order valence-corrected chi connectivity index (χ4v) is 3.96. The standard InChI is InChI=1S/C20H38N6O.HI/c1-6-27-19(16-9-7-8-10-16)11-12-22-20(21-2)23-14-18(25(3)4)17-13-24-26(5)15-17;/h13,15-16,18-19H,6-12,14H2,1-5H3,(H2,21,22,23);1H. The third-order valence-electron chi connectivity index (χ3n) is 5.45. The predicted molar refractivity (Wildman–Crippen MR) is 126 cm³/mol. The lowest BCUT2D eigenvalue weighted by atomic mass is 9.98. The monoisotopic (exact) mass is 506 g/mol. The molecule has 1 aliphatic rings. The number of ether oxygens (including phenoxy) is 1. The largest absolute Gasteiger partial charge is 0.378 e. The molecule has 0 aliphatic heterocycles. The Labute approximate surface area is 187 Å². The van der Waals surface area contributed by atoms with Crippen molar-refractivity contribution in [3.05, 3.63) is 18.0 Å².